The van der Waals surface area contributed by atoms with Crippen LogP contribution in [0.25, 0.3) is 0 Å². The monoisotopic (exact) mass is 356 g/mol. The molecule has 0 spiro atoms. The van der Waals surface area contributed by atoms with E-state index in [-0.39, 0.29) is 0 Å². The Kier molecular flexibility index (Phi) is 5.19. The Hall–Kier alpha value is -0.880. The molecule has 0 radical (unpaired) electrons. The van der Waals surface area contributed by atoms with Crippen molar-refractivity contribution in [3.63, 3.8) is 0 Å². The minimum atomic E-state index is 0.691. The maximum absolute atomic E-state index is 5.67. The van der Waals surface area contributed by atoms with Crippen molar-refractivity contribution in [2.45, 2.75) is 26.4 Å². The predicted octanol–water partition coefficient (Wildman–Crippen LogP) is 3.47. The standard InChI is InChI=1S/C14H17IN2O/c1-11-14(17-10-16-11)6-3-7-18-9-12-4-2-5-13(15)8-12/h2,4-5,8,10H,3,6-7,9H2,1H3,(H,16,17). The molecule has 1 heterocycles. The number of rotatable bonds is 6. The third-order valence-electron chi connectivity index (χ3n) is 2.79. The smallest absolute Gasteiger partial charge is 0.0925 e. The van der Waals surface area contributed by atoms with Gasteiger partial charge in [0.15, 0.2) is 0 Å². The topological polar surface area (TPSA) is 37.9 Å². The molecule has 96 valence electrons. The first-order valence-corrected chi connectivity index (χ1v) is 7.14. The number of ether oxygens (including phenoxy) is 1. The number of aryl methyl sites for hydroxylation is 2. The van der Waals surface area contributed by atoms with E-state index in [1.807, 2.05) is 0 Å². The third-order valence-corrected chi connectivity index (χ3v) is 3.47. The molecular weight excluding hydrogens is 339 g/mol. The van der Waals surface area contributed by atoms with Crippen LogP contribution in [0.15, 0.2) is 30.6 Å². The Morgan fingerprint density at radius 2 is 2.28 bits per heavy atom. The Morgan fingerprint density at radius 1 is 1.39 bits per heavy atom. The van der Waals surface area contributed by atoms with E-state index >= 15 is 0 Å². The van der Waals surface area contributed by atoms with Gasteiger partial charge in [-0.2, -0.15) is 0 Å². The van der Waals surface area contributed by atoms with Crippen LogP contribution in [0, 0.1) is 10.5 Å². The highest BCUT2D eigenvalue weighted by Gasteiger charge is 2.00. The van der Waals surface area contributed by atoms with Gasteiger partial charge in [-0.05, 0) is 60.1 Å². The molecule has 1 aromatic carbocycles. The lowest BCUT2D eigenvalue weighted by atomic mass is 10.2. The highest BCUT2D eigenvalue weighted by atomic mass is 127. The lowest BCUT2D eigenvalue weighted by Crippen LogP contribution is -1.98. The molecule has 0 aliphatic heterocycles. The van der Waals surface area contributed by atoms with Gasteiger partial charge in [0.25, 0.3) is 0 Å². The molecule has 0 bridgehead atoms. The number of aromatic amines is 1. The van der Waals surface area contributed by atoms with Crippen LogP contribution in [-0.4, -0.2) is 16.6 Å². The van der Waals surface area contributed by atoms with Gasteiger partial charge in [0, 0.05) is 15.9 Å². The second-order valence-corrected chi connectivity index (χ2v) is 5.51. The van der Waals surface area contributed by atoms with Gasteiger partial charge in [0.05, 0.1) is 18.6 Å². The minimum absolute atomic E-state index is 0.691. The van der Waals surface area contributed by atoms with Crippen LogP contribution in [0.5, 0.6) is 0 Å². The molecule has 18 heavy (non-hydrogen) atoms. The molecule has 0 unspecified atom stereocenters. The average molecular weight is 356 g/mol. The fourth-order valence-electron chi connectivity index (χ4n) is 1.80. The summed E-state index contributed by atoms with van der Waals surface area (Å²) in [6.45, 7) is 3.52. The Balaban J connectivity index is 1.66. The average Bonchev–Trinajstić information content (AvgIpc) is 2.75. The second kappa shape index (κ2) is 6.89. The van der Waals surface area contributed by atoms with Crippen molar-refractivity contribution in [1.29, 1.82) is 0 Å². The van der Waals surface area contributed by atoms with Crippen LogP contribution >= 0.6 is 22.6 Å². The molecule has 2 rings (SSSR count). The largest absolute Gasteiger partial charge is 0.377 e. The van der Waals surface area contributed by atoms with E-state index in [0.29, 0.717) is 6.61 Å². The fraction of sp³-hybridized carbons (Fsp3) is 0.357. The molecule has 0 atom stereocenters. The number of hydrogen-bond acceptors (Lipinski definition) is 2. The first-order chi connectivity index (χ1) is 8.75. The molecule has 0 saturated heterocycles. The SMILES string of the molecule is Cc1[nH]cnc1CCCOCc1cccc(I)c1. The van der Waals surface area contributed by atoms with Crippen molar-refractivity contribution >= 4 is 22.6 Å². The zero-order valence-corrected chi connectivity index (χ0v) is 12.6. The van der Waals surface area contributed by atoms with Crippen molar-refractivity contribution in [2.75, 3.05) is 6.61 Å². The summed E-state index contributed by atoms with van der Waals surface area (Å²) in [6, 6.07) is 8.40. The van der Waals surface area contributed by atoms with E-state index in [4.69, 9.17) is 4.74 Å². The van der Waals surface area contributed by atoms with Gasteiger partial charge in [0.2, 0.25) is 0 Å². The number of H-pyrrole nitrogens is 1. The summed E-state index contributed by atoms with van der Waals surface area (Å²) in [5.41, 5.74) is 3.54. The highest BCUT2D eigenvalue weighted by Crippen LogP contribution is 2.09. The summed E-state index contributed by atoms with van der Waals surface area (Å²) in [5, 5.41) is 0. The number of nitrogens with zero attached hydrogens (tertiary/aromatic N) is 1. The molecular formula is C14H17IN2O. The number of benzene rings is 1. The van der Waals surface area contributed by atoms with Crippen LogP contribution in [0.4, 0.5) is 0 Å². The maximum atomic E-state index is 5.67. The maximum Gasteiger partial charge on any atom is 0.0925 e. The Morgan fingerprint density at radius 3 is 3.00 bits per heavy atom. The summed E-state index contributed by atoms with van der Waals surface area (Å²) in [6.07, 6.45) is 3.73. The summed E-state index contributed by atoms with van der Waals surface area (Å²) in [4.78, 5) is 7.36. The Bertz CT molecular complexity index is 496. The van der Waals surface area contributed by atoms with Crippen LogP contribution < -0.4 is 0 Å². The van der Waals surface area contributed by atoms with E-state index in [9.17, 15) is 0 Å². The molecule has 4 heteroatoms. The number of imidazole rings is 1. The van der Waals surface area contributed by atoms with Crippen LogP contribution in [0.1, 0.15) is 23.4 Å². The van der Waals surface area contributed by atoms with Crippen molar-refractivity contribution in [3.8, 4) is 0 Å². The number of aromatic nitrogens is 2. The molecule has 0 aliphatic carbocycles. The van der Waals surface area contributed by atoms with Gasteiger partial charge in [-0.25, -0.2) is 4.98 Å². The highest BCUT2D eigenvalue weighted by molar-refractivity contribution is 14.1. The van der Waals surface area contributed by atoms with Gasteiger partial charge < -0.3 is 9.72 Å². The quantitative estimate of drug-likeness (QED) is 0.636. The molecule has 0 amide bonds. The zero-order valence-electron chi connectivity index (χ0n) is 10.4. The van der Waals surface area contributed by atoms with Crippen molar-refractivity contribution in [3.05, 3.63) is 51.1 Å². The zero-order chi connectivity index (χ0) is 12.8. The number of hydrogen-bond donors (Lipinski definition) is 1. The van der Waals surface area contributed by atoms with Gasteiger partial charge in [-0.1, -0.05) is 12.1 Å². The van der Waals surface area contributed by atoms with Gasteiger partial charge in [-0.3, -0.25) is 0 Å². The number of nitrogens with one attached hydrogen (secondary N) is 1. The molecule has 1 aromatic heterocycles. The molecule has 3 nitrogen and oxygen atoms in total. The van der Waals surface area contributed by atoms with Crippen LogP contribution in [-0.2, 0) is 17.8 Å². The Labute approximate surface area is 121 Å². The van der Waals surface area contributed by atoms with E-state index in [0.717, 1.165) is 30.8 Å². The third kappa shape index (κ3) is 4.10. The molecule has 0 fully saturated rings. The minimum Gasteiger partial charge on any atom is -0.377 e. The van der Waals surface area contributed by atoms with E-state index in [1.165, 1.54) is 9.13 Å². The first kappa shape index (κ1) is 13.5. The normalized spacial score (nSPS) is 10.8. The van der Waals surface area contributed by atoms with E-state index in [1.54, 1.807) is 6.33 Å². The van der Waals surface area contributed by atoms with Gasteiger partial charge in [0.1, 0.15) is 0 Å². The van der Waals surface area contributed by atoms with Gasteiger partial charge in [-0.15, -0.1) is 0 Å². The van der Waals surface area contributed by atoms with Crippen LogP contribution in [0.3, 0.4) is 0 Å². The lowest BCUT2D eigenvalue weighted by Gasteiger charge is -2.04. The molecule has 2 aromatic rings. The lowest BCUT2D eigenvalue weighted by molar-refractivity contribution is 0.118. The van der Waals surface area contributed by atoms with Crippen LogP contribution in [0.2, 0.25) is 0 Å². The second-order valence-electron chi connectivity index (χ2n) is 4.26. The van der Waals surface area contributed by atoms with Crippen molar-refractivity contribution in [1.82, 2.24) is 9.97 Å². The summed E-state index contributed by atoms with van der Waals surface area (Å²) in [5.74, 6) is 0. The van der Waals surface area contributed by atoms with Crippen molar-refractivity contribution in [2.24, 2.45) is 0 Å². The molecule has 0 saturated carbocycles. The molecule has 1 N–H and O–H groups in total. The summed E-state index contributed by atoms with van der Waals surface area (Å²) in [7, 11) is 0. The molecule has 0 aliphatic rings. The van der Waals surface area contributed by atoms with Gasteiger partial charge >= 0.3 is 0 Å². The first-order valence-electron chi connectivity index (χ1n) is 6.07. The fourth-order valence-corrected chi connectivity index (χ4v) is 2.41. The van der Waals surface area contributed by atoms with Crippen molar-refractivity contribution < 1.29 is 4.74 Å². The number of halogens is 1. The summed E-state index contributed by atoms with van der Waals surface area (Å²) < 4.78 is 6.92. The van der Waals surface area contributed by atoms with E-state index in [2.05, 4.69) is 63.7 Å². The summed E-state index contributed by atoms with van der Waals surface area (Å²) >= 11 is 2.32. The predicted molar refractivity (Wildman–Crippen MR) is 80.5 cm³/mol. The van der Waals surface area contributed by atoms with E-state index < -0.39 is 0 Å².